The Kier molecular flexibility index (Phi) is 11.3. The summed E-state index contributed by atoms with van der Waals surface area (Å²) in [5.74, 6) is 0.277. The fourth-order valence-electron chi connectivity index (χ4n) is 3.77. The molecule has 0 saturated heterocycles. The molecule has 2 nitrogen and oxygen atoms in total. The van der Waals surface area contributed by atoms with Crippen molar-refractivity contribution in [2.24, 2.45) is 0 Å². The summed E-state index contributed by atoms with van der Waals surface area (Å²) < 4.78 is 40.3. The number of allylic oxidation sites excluding steroid dienone is 2. The quantitative estimate of drug-likeness (QED) is 0.271. The average molecular weight is 492 g/mol. The molecular weight excluding hydrogens is 455 g/mol. The molecule has 1 unspecified atom stereocenters. The molecule has 2 N–H and O–H groups in total. The minimum Gasteiger partial charge on any atom is -0.513 e. The highest BCUT2D eigenvalue weighted by molar-refractivity contribution is 8.01. The van der Waals surface area contributed by atoms with Gasteiger partial charge in [-0.2, -0.15) is 13.2 Å². The van der Waals surface area contributed by atoms with E-state index in [9.17, 15) is 13.2 Å². The molecule has 186 valence electrons. The van der Waals surface area contributed by atoms with Crippen LogP contribution in [0.4, 0.5) is 13.2 Å². The minimum absolute atomic E-state index is 0.0113. The molecule has 0 aliphatic carbocycles. The molecule has 1 atom stereocenters. The summed E-state index contributed by atoms with van der Waals surface area (Å²) in [5.41, 5.74) is 4.53. The van der Waals surface area contributed by atoms with Crippen LogP contribution in [-0.2, 0) is 25.4 Å². The number of rotatable bonds is 9. The van der Waals surface area contributed by atoms with Crippen LogP contribution in [0.3, 0.4) is 0 Å². The number of halogens is 3. The van der Waals surface area contributed by atoms with Crippen molar-refractivity contribution in [1.29, 1.82) is 0 Å². The summed E-state index contributed by atoms with van der Waals surface area (Å²) in [4.78, 5) is 1.22. The predicted octanol–water partition coefficient (Wildman–Crippen LogP) is 8.89. The van der Waals surface area contributed by atoms with Gasteiger partial charge in [-0.1, -0.05) is 76.6 Å². The molecule has 0 saturated carbocycles. The molecule has 34 heavy (non-hydrogen) atoms. The number of aliphatic hydroxyl groups is 1. The van der Waals surface area contributed by atoms with Crippen molar-refractivity contribution in [2.45, 2.75) is 77.9 Å². The van der Waals surface area contributed by atoms with Gasteiger partial charge in [-0.25, -0.2) is 4.72 Å². The number of hydrogen-bond donors (Lipinski definition) is 2. The molecular formula is C28H36F3NOS. The van der Waals surface area contributed by atoms with E-state index in [1.807, 2.05) is 6.08 Å². The molecule has 2 aromatic rings. The number of benzene rings is 2. The standard InChI is InChI=1S/C16H24O.C12H12F3NS/c1-4-6-15-11-10-14(9-8-13(3)17)12-16(15)7-5-2;1-2-10-7-11(16-17-10)8-3-5-9(6-4-8)12(13,14)15/h10-12,17H,3-9H2,1-2H3;3-7,11,16H,2H2,1H3. The van der Waals surface area contributed by atoms with E-state index in [1.54, 1.807) is 11.9 Å². The van der Waals surface area contributed by atoms with E-state index in [0.717, 1.165) is 37.0 Å². The molecule has 3 rings (SSSR count). The first kappa shape index (κ1) is 28.1. The third-order valence-corrected chi connectivity index (χ3v) is 6.69. The van der Waals surface area contributed by atoms with Crippen LogP contribution in [0.15, 0.2) is 65.8 Å². The van der Waals surface area contributed by atoms with Crippen LogP contribution < -0.4 is 4.72 Å². The van der Waals surface area contributed by atoms with Crippen molar-refractivity contribution >= 4 is 11.9 Å². The number of alkyl halides is 3. The summed E-state index contributed by atoms with van der Waals surface area (Å²) in [6.07, 6.45) is 4.99. The van der Waals surface area contributed by atoms with Crippen LogP contribution in [0.25, 0.3) is 0 Å². The topological polar surface area (TPSA) is 32.3 Å². The highest BCUT2D eigenvalue weighted by Crippen LogP contribution is 2.34. The first-order valence-corrected chi connectivity index (χ1v) is 12.8. The van der Waals surface area contributed by atoms with Gasteiger partial charge in [0, 0.05) is 6.42 Å². The monoisotopic (exact) mass is 491 g/mol. The largest absolute Gasteiger partial charge is 0.513 e. The molecule has 0 fully saturated rings. The zero-order valence-corrected chi connectivity index (χ0v) is 21.2. The Morgan fingerprint density at radius 1 is 0.971 bits per heavy atom. The van der Waals surface area contributed by atoms with E-state index < -0.39 is 11.7 Å². The van der Waals surface area contributed by atoms with E-state index in [1.165, 1.54) is 53.0 Å². The van der Waals surface area contributed by atoms with Crippen LogP contribution in [0, 0.1) is 0 Å². The summed E-state index contributed by atoms with van der Waals surface area (Å²) in [5, 5.41) is 9.13. The summed E-state index contributed by atoms with van der Waals surface area (Å²) in [6.45, 7) is 10.0. The first-order chi connectivity index (χ1) is 16.2. The number of hydrogen-bond acceptors (Lipinski definition) is 3. The van der Waals surface area contributed by atoms with E-state index >= 15 is 0 Å². The van der Waals surface area contributed by atoms with Crippen LogP contribution in [0.1, 0.15) is 80.3 Å². The van der Waals surface area contributed by atoms with Crippen molar-refractivity contribution in [2.75, 3.05) is 0 Å². The summed E-state index contributed by atoms with van der Waals surface area (Å²) in [7, 11) is 0. The predicted molar refractivity (Wildman–Crippen MR) is 138 cm³/mol. The van der Waals surface area contributed by atoms with Gasteiger partial charge in [-0.05, 0) is 76.9 Å². The fraction of sp³-hybridized carbons (Fsp3) is 0.429. The lowest BCUT2D eigenvalue weighted by molar-refractivity contribution is -0.137. The van der Waals surface area contributed by atoms with Gasteiger partial charge in [0.05, 0.1) is 17.4 Å². The molecule has 0 bridgehead atoms. The van der Waals surface area contributed by atoms with Crippen LogP contribution in [0.2, 0.25) is 0 Å². The van der Waals surface area contributed by atoms with Crippen molar-refractivity contribution in [3.63, 3.8) is 0 Å². The Labute approximate surface area is 206 Å². The molecule has 0 spiro atoms. The molecule has 0 radical (unpaired) electrons. The lowest BCUT2D eigenvalue weighted by atomic mass is 9.95. The van der Waals surface area contributed by atoms with Gasteiger partial charge >= 0.3 is 6.18 Å². The normalized spacial score (nSPS) is 15.5. The van der Waals surface area contributed by atoms with Gasteiger partial charge < -0.3 is 5.11 Å². The smallest absolute Gasteiger partial charge is 0.416 e. The maximum Gasteiger partial charge on any atom is 0.416 e. The molecule has 0 amide bonds. The zero-order chi connectivity index (χ0) is 25.1. The van der Waals surface area contributed by atoms with Gasteiger partial charge in [0.15, 0.2) is 0 Å². The van der Waals surface area contributed by atoms with Gasteiger partial charge in [0.2, 0.25) is 0 Å². The van der Waals surface area contributed by atoms with Gasteiger partial charge in [-0.15, -0.1) is 0 Å². The number of nitrogens with one attached hydrogen (secondary N) is 1. The van der Waals surface area contributed by atoms with Crippen LogP contribution in [-0.4, -0.2) is 5.11 Å². The third kappa shape index (κ3) is 8.88. The first-order valence-electron chi connectivity index (χ1n) is 12.0. The Morgan fingerprint density at radius 3 is 2.15 bits per heavy atom. The van der Waals surface area contributed by atoms with Gasteiger partial charge in [0.1, 0.15) is 0 Å². The minimum atomic E-state index is -4.26. The second kappa shape index (κ2) is 13.6. The number of aryl methyl sites for hydroxylation is 3. The van der Waals surface area contributed by atoms with Crippen molar-refractivity contribution in [3.8, 4) is 0 Å². The van der Waals surface area contributed by atoms with E-state index in [2.05, 4.69) is 50.3 Å². The highest BCUT2D eigenvalue weighted by atomic mass is 32.2. The van der Waals surface area contributed by atoms with Crippen LogP contribution >= 0.6 is 11.9 Å². The zero-order valence-electron chi connectivity index (χ0n) is 20.3. The maximum absolute atomic E-state index is 12.4. The van der Waals surface area contributed by atoms with Crippen LogP contribution in [0.5, 0.6) is 0 Å². The van der Waals surface area contributed by atoms with Gasteiger partial charge in [0.25, 0.3) is 0 Å². The van der Waals surface area contributed by atoms with Crippen molar-refractivity contribution < 1.29 is 18.3 Å². The van der Waals surface area contributed by atoms with Gasteiger partial charge in [-0.3, -0.25) is 0 Å². The Morgan fingerprint density at radius 2 is 1.62 bits per heavy atom. The third-order valence-electron chi connectivity index (χ3n) is 5.63. The second-order valence-electron chi connectivity index (χ2n) is 8.47. The second-order valence-corrected chi connectivity index (χ2v) is 9.44. The molecule has 0 aromatic heterocycles. The summed E-state index contributed by atoms with van der Waals surface area (Å²) >= 11 is 1.54. The lowest BCUT2D eigenvalue weighted by Gasteiger charge is -2.10. The number of aliphatic hydroxyl groups excluding tert-OH is 1. The summed E-state index contributed by atoms with van der Waals surface area (Å²) in [6, 6.07) is 12.1. The van der Waals surface area contributed by atoms with Crippen molar-refractivity contribution in [1.82, 2.24) is 4.72 Å². The van der Waals surface area contributed by atoms with E-state index in [-0.39, 0.29) is 11.8 Å². The molecule has 1 heterocycles. The lowest BCUT2D eigenvalue weighted by Crippen LogP contribution is -2.08. The molecule has 6 heteroatoms. The molecule has 1 aliphatic heterocycles. The van der Waals surface area contributed by atoms with E-state index in [0.29, 0.717) is 6.42 Å². The Bertz CT molecular complexity index is 951. The molecule has 2 aromatic carbocycles. The van der Waals surface area contributed by atoms with E-state index in [4.69, 9.17) is 5.11 Å². The average Bonchev–Trinajstić information content (AvgIpc) is 3.29. The SMILES string of the molecule is C=C(O)CCc1ccc(CCC)c(CCC)c1.CCC1=CC(c2ccc(C(F)(F)F)cc2)NS1. The Balaban J connectivity index is 0.000000240. The van der Waals surface area contributed by atoms with Crippen molar-refractivity contribution in [3.05, 3.63) is 93.6 Å². The Hall–Kier alpha value is -2.18. The highest BCUT2D eigenvalue weighted by Gasteiger charge is 2.30. The fourth-order valence-corrected chi connectivity index (χ4v) is 4.60. The maximum atomic E-state index is 12.4. The molecule has 1 aliphatic rings.